The van der Waals surface area contributed by atoms with Gasteiger partial charge in [-0.05, 0) is 25.7 Å². The molecule has 3 N–H and O–H groups in total. The van der Waals surface area contributed by atoms with Crippen LogP contribution >= 0.6 is 0 Å². The van der Waals surface area contributed by atoms with Gasteiger partial charge in [0.25, 0.3) is 0 Å². The summed E-state index contributed by atoms with van der Waals surface area (Å²) in [7, 11) is 0. The Balaban J connectivity index is 1.72. The Morgan fingerprint density at radius 2 is 2.29 bits per heavy atom. The highest BCUT2D eigenvalue weighted by atomic mass is 16.5. The van der Waals surface area contributed by atoms with E-state index in [9.17, 15) is 4.79 Å². The van der Waals surface area contributed by atoms with E-state index in [1.165, 1.54) is 12.8 Å². The Bertz CT molecular complexity index is 268. The lowest BCUT2D eigenvalue weighted by molar-refractivity contribution is -0.126. The molecule has 1 amide bonds. The number of carbonyl (C=O) groups is 1. The minimum Gasteiger partial charge on any atom is -0.374 e. The zero-order chi connectivity index (χ0) is 12.3. The standard InChI is InChI=1S/C12H23N3O2/c1-9-8-17-11(4-13)6-15(9)7-12(16)14-5-10-2-3-10/h9-11H,2-8,13H2,1H3,(H,14,16). The molecule has 0 aromatic heterocycles. The largest absolute Gasteiger partial charge is 0.374 e. The van der Waals surface area contributed by atoms with E-state index in [1.54, 1.807) is 0 Å². The van der Waals surface area contributed by atoms with Crippen LogP contribution in [0.25, 0.3) is 0 Å². The van der Waals surface area contributed by atoms with Gasteiger partial charge in [0.05, 0.1) is 19.3 Å². The molecule has 0 radical (unpaired) electrons. The number of hydrogen-bond donors (Lipinski definition) is 2. The second kappa shape index (κ2) is 5.80. The second-order valence-electron chi connectivity index (χ2n) is 5.22. The monoisotopic (exact) mass is 241 g/mol. The van der Waals surface area contributed by atoms with Crippen molar-refractivity contribution >= 4 is 5.91 Å². The molecule has 17 heavy (non-hydrogen) atoms. The zero-order valence-electron chi connectivity index (χ0n) is 10.5. The Hall–Kier alpha value is -0.650. The maximum Gasteiger partial charge on any atom is 0.234 e. The Labute approximate surface area is 103 Å². The molecule has 0 aromatic rings. The number of nitrogens with one attached hydrogen (secondary N) is 1. The van der Waals surface area contributed by atoms with Crippen LogP contribution in [0.1, 0.15) is 19.8 Å². The van der Waals surface area contributed by atoms with Crippen LogP contribution in [0.3, 0.4) is 0 Å². The van der Waals surface area contributed by atoms with Crippen LogP contribution in [0.5, 0.6) is 0 Å². The minimum absolute atomic E-state index is 0.0717. The molecule has 2 rings (SSSR count). The van der Waals surface area contributed by atoms with Crippen LogP contribution in [0.2, 0.25) is 0 Å². The van der Waals surface area contributed by atoms with Crippen LogP contribution in [0, 0.1) is 5.92 Å². The van der Waals surface area contributed by atoms with Crippen molar-refractivity contribution < 1.29 is 9.53 Å². The third-order valence-corrected chi connectivity index (χ3v) is 3.53. The Morgan fingerprint density at radius 1 is 1.53 bits per heavy atom. The molecular weight excluding hydrogens is 218 g/mol. The average Bonchev–Trinajstić information content (AvgIpc) is 3.13. The number of rotatable bonds is 5. The fourth-order valence-electron chi connectivity index (χ4n) is 2.06. The summed E-state index contributed by atoms with van der Waals surface area (Å²) >= 11 is 0. The van der Waals surface area contributed by atoms with Gasteiger partial charge in [-0.3, -0.25) is 9.69 Å². The summed E-state index contributed by atoms with van der Waals surface area (Å²) in [5, 5.41) is 2.99. The first kappa shape index (κ1) is 12.8. The zero-order valence-corrected chi connectivity index (χ0v) is 10.5. The van der Waals surface area contributed by atoms with Crippen molar-refractivity contribution in [3.05, 3.63) is 0 Å². The van der Waals surface area contributed by atoms with E-state index >= 15 is 0 Å². The van der Waals surface area contributed by atoms with Gasteiger partial charge in [-0.25, -0.2) is 0 Å². The van der Waals surface area contributed by atoms with Crippen LogP contribution in [0.15, 0.2) is 0 Å². The van der Waals surface area contributed by atoms with Gasteiger partial charge in [0, 0.05) is 25.7 Å². The molecule has 1 saturated carbocycles. The van der Waals surface area contributed by atoms with Crippen molar-refractivity contribution in [2.45, 2.75) is 31.9 Å². The molecule has 0 spiro atoms. The van der Waals surface area contributed by atoms with Gasteiger partial charge in [-0.2, -0.15) is 0 Å². The van der Waals surface area contributed by atoms with Gasteiger partial charge in [-0.1, -0.05) is 0 Å². The molecule has 2 unspecified atom stereocenters. The van der Waals surface area contributed by atoms with E-state index in [-0.39, 0.29) is 12.0 Å². The number of hydrogen-bond acceptors (Lipinski definition) is 4. The third kappa shape index (κ3) is 3.94. The first-order valence-electron chi connectivity index (χ1n) is 6.51. The predicted octanol–water partition coefficient (Wildman–Crippen LogP) is -0.439. The minimum atomic E-state index is 0.0717. The summed E-state index contributed by atoms with van der Waals surface area (Å²) in [6.45, 7) is 5.34. The normalized spacial score (nSPS) is 30.2. The van der Waals surface area contributed by atoms with Crippen LogP contribution < -0.4 is 11.1 Å². The van der Waals surface area contributed by atoms with Crippen LogP contribution in [0.4, 0.5) is 0 Å². The van der Waals surface area contributed by atoms with Crippen molar-refractivity contribution in [1.82, 2.24) is 10.2 Å². The van der Waals surface area contributed by atoms with Crippen molar-refractivity contribution in [1.29, 1.82) is 0 Å². The number of nitrogens with zero attached hydrogens (tertiary/aromatic N) is 1. The molecule has 2 fully saturated rings. The molecule has 1 aliphatic heterocycles. The number of morpholine rings is 1. The van der Waals surface area contributed by atoms with Crippen LogP contribution in [-0.4, -0.2) is 55.7 Å². The lowest BCUT2D eigenvalue weighted by Gasteiger charge is -2.37. The summed E-state index contributed by atoms with van der Waals surface area (Å²) in [4.78, 5) is 13.9. The molecule has 5 heteroatoms. The summed E-state index contributed by atoms with van der Waals surface area (Å²) in [5.41, 5.74) is 5.60. The molecule has 2 atom stereocenters. The highest BCUT2D eigenvalue weighted by molar-refractivity contribution is 5.78. The fourth-order valence-corrected chi connectivity index (χ4v) is 2.06. The van der Waals surface area contributed by atoms with Crippen molar-refractivity contribution in [3.63, 3.8) is 0 Å². The van der Waals surface area contributed by atoms with Gasteiger partial charge in [0.15, 0.2) is 0 Å². The molecule has 5 nitrogen and oxygen atoms in total. The fraction of sp³-hybridized carbons (Fsp3) is 0.917. The predicted molar refractivity (Wildman–Crippen MR) is 65.6 cm³/mol. The molecule has 98 valence electrons. The van der Waals surface area contributed by atoms with Gasteiger partial charge < -0.3 is 15.8 Å². The van der Waals surface area contributed by atoms with Crippen molar-refractivity contribution in [3.8, 4) is 0 Å². The van der Waals surface area contributed by atoms with Crippen LogP contribution in [-0.2, 0) is 9.53 Å². The third-order valence-electron chi connectivity index (χ3n) is 3.53. The lowest BCUT2D eigenvalue weighted by atomic mass is 10.2. The number of carbonyl (C=O) groups excluding carboxylic acids is 1. The maximum absolute atomic E-state index is 11.8. The lowest BCUT2D eigenvalue weighted by Crippen LogP contribution is -2.53. The Kier molecular flexibility index (Phi) is 4.36. The van der Waals surface area contributed by atoms with Gasteiger partial charge in [-0.15, -0.1) is 0 Å². The van der Waals surface area contributed by atoms with Crippen molar-refractivity contribution in [2.24, 2.45) is 11.7 Å². The first-order chi connectivity index (χ1) is 8.19. The maximum atomic E-state index is 11.8. The summed E-state index contributed by atoms with van der Waals surface area (Å²) < 4.78 is 5.56. The van der Waals surface area contributed by atoms with Gasteiger partial charge in [0.2, 0.25) is 5.91 Å². The van der Waals surface area contributed by atoms with Gasteiger partial charge in [0.1, 0.15) is 0 Å². The molecular formula is C12H23N3O2. The SMILES string of the molecule is CC1COC(CN)CN1CC(=O)NCC1CC1. The molecule has 1 saturated heterocycles. The number of amides is 1. The first-order valence-corrected chi connectivity index (χ1v) is 6.51. The molecule has 2 aliphatic rings. The molecule has 1 heterocycles. The van der Waals surface area contributed by atoms with E-state index in [0.717, 1.165) is 19.0 Å². The highest BCUT2D eigenvalue weighted by Gasteiger charge is 2.27. The van der Waals surface area contributed by atoms with E-state index in [4.69, 9.17) is 10.5 Å². The van der Waals surface area contributed by atoms with E-state index in [1.807, 2.05) is 0 Å². The molecule has 1 aliphatic carbocycles. The number of ether oxygens (including phenoxy) is 1. The summed E-state index contributed by atoms with van der Waals surface area (Å²) in [5.74, 6) is 0.860. The summed E-state index contributed by atoms with van der Waals surface area (Å²) in [6.07, 6.45) is 2.61. The molecule has 0 aromatic carbocycles. The van der Waals surface area contributed by atoms with E-state index in [0.29, 0.717) is 25.7 Å². The topological polar surface area (TPSA) is 67.6 Å². The van der Waals surface area contributed by atoms with E-state index < -0.39 is 0 Å². The smallest absolute Gasteiger partial charge is 0.234 e. The molecule has 0 bridgehead atoms. The quantitative estimate of drug-likeness (QED) is 0.685. The van der Waals surface area contributed by atoms with Crippen molar-refractivity contribution in [2.75, 3.05) is 32.8 Å². The number of nitrogens with two attached hydrogens (primary N) is 1. The average molecular weight is 241 g/mol. The summed E-state index contributed by atoms with van der Waals surface area (Å²) in [6, 6.07) is 0.296. The van der Waals surface area contributed by atoms with Gasteiger partial charge >= 0.3 is 0 Å². The second-order valence-corrected chi connectivity index (χ2v) is 5.22. The van der Waals surface area contributed by atoms with E-state index in [2.05, 4.69) is 17.1 Å². The highest BCUT2D eigenvalue weighted by Crippen LogP contribution is 2.27. The Morgan fingerprint density at radius 3 is 2.94 bits per heavy atom.